The van der Waals surface area contributed by atoms with Gasteiger partial charge in [-0.15, -0.1) is 0 Å². The van der Waals surface area contributed by atoms with Crippen molar-refractivity contribution in [3.63, 3.8) is 0 Å². The van der Waals surface area contributed by atoms with Crippen molar-refractivity contribution in [3.8, 4) is 0 Å². The number of nitrogens with one attached hydrogen (secondary N) is 2. The fraction of sp³-hybridized carbons (Fsp3) is 0.429. The molecule has 3 aromatic rings. The van der Waals surface area contributed by atoms with Gasteiger partial charge in [0.15, 0.2) is 0 Å². The summed E-state index contributed by atoms with van der Waals surface area (Å²) in [7, 11) is -2.63. The number of carbonyl (C=O) groups is 2. The molecule has 3 aromatic carbocycles. The highest BCUT2D eigenvalue weighted by molar-refractivity contribution is 7.89. The van der Waals surface area contributed by atoms with Gasteiger partial charge in [0.25, 0.3) is 0 Å². The number of amides is 2. The van der Waals surface area contributed by atoms with Gasteiger partial charge in [-0.3, -0.25) is 4.79 Å². The molecule has 0 saturated carbocycles. The van der Waals surface area contributed by atoms with Crippen LogP contribution in [0, 0.1) is 5.92 Å². The number of rotatable bonds is 17. The van der Waals surface area contributed by atoms with Crippen LogP contribution < -0.4 is 16.4 Å². The van der Waals surface area contributed by atoms with Crippen LogP contribution in [0.2, 0.25) is 0 Å². The van der Waals surface area contributed by atoms with E-state index in [0.29, 0.717) is 31.4 Å². The minimum atomic E-state index is -3.89. The number of anilines is 1. The van der Waals surface area contributed by atoms with Gasteiger partial charge in [-0.1, -0.05) is 74.5 Å². The Hall–Kier alpha value is -3.93. The van der Waals surface area contributed by atoms with Gasteiger partial charge < -0.3 is 26.2 Å². The van der Waals surface area contributed by atoms with Crippen molar-refractivity contribution >= 4 is 27.7 Å². The van der Waals surface area contributed by atoms with Gasteiger partial charge >= 0.3 is 6.09 Å². The molecule has 0 radical (unpaired) electrons. The van der Waals surface area contributed by atoms with Crippen molar-refractivity contribution in [2.45, 2.75) is 75.4 Å². The van der Waals surface area contributed by atoms with Crippen molar-refractivity contribution in [1.82, 2.24) is 14.9 Å². The van der Waals surface area contributed by atoms with Crippen LogP contribution in [0.25, 0.3) is 0 Å². The van der Waals surface area contributed by atoms with E-state index in [1.165, 1.54) is 23.5 Å². The number of benzene rings is 3. The molecule has 2 amide bonds. The second kappa shape index (κ2) is 17.7. The Labute approximate surface area is 273 Å². The van der Waals surface area contributed by atoms with Crippen LogP contribution in [-0.4, -0.2) is 68.2 Å². The second-order valence-corrected chi connectivity index (χ2v) is 13.8. The molecule has 0 aliphatic heterocycles. The molecule has 5 N–H and O–H groups in total. The van der Waals surface area contributed by atoms with Crippen LogP contribution in [0.5, 0.6) is 0 Å². The van der Waals surface area contributed by atoms with E-state index < -0.39 is 34.1 Å². The molecular formula is C35H48N4O6S. The number of alkyl carbamates (subject to hydrolysis) is 1. The Balaban J connectivity index is 1.75. The van der Waals surface area contributed by atoms with Gasteiger partial charge in [-0.05, 0) is 73.9 Å². The molecule has 11 heteroatoms. The summed E-state index contributed by atoms with van der Waals surface area (Å²) in [5.74, 6) is -0.597. The lowest BCUT2D eigenvalue weighted by atomic mass is 9.84. The Bertz CT molecular complexity index is 1430. The molecule has 10 nitrogen and oxygen atoms in total. The quantitative estimate of drug-likeness (QED) is 0.152. The molecule has 0 aromatic heterocycles. The average molecular weight is 653 g/mol. The minimum absolute atomic E-state index is 0.125. The fourth-order valence-corrected chi connectivity index (χ4v) is 7.10. The lowest BCUT2D eigenvalue weighted by Gasteiger charge is -2.31. The first-order valence-corrected chi connectivity index (χ1v) is 17.1. The summed E-state index contributed by atoms with van der Waals surface area (Å²) in [5, 5.41) is 16.1. The van der Waals surface area contributed by atoms with E-state index in [1.807, 2.05) is 81.4 Å². The van der Waals surface area contributed by atoms with Gasteiger partial charge in [0.05, 0.1) is 18.6 Å². The maximum Gasteiger partial charge on any atom is 0.407 e. The summed E-state index contributed by atoms with van der Waals surface area (Å²) >= 11 is 0. The van der Waals surface area contributed by atoms with Crippen molar-refractivity contribution in [2.24, 2.45) is 5.92 Å². The van der Waals surface area contributed by atoms with E-state index in [1.54, 1.807) is 12.1 Å². The number of nitrogens with two attached hydrogens (primary N) is 1. The number of hydrogen-bond acceptors (Lipinski definition) is 7. The molecule has 0 bridgehead atoms. The summed E-state index contributed by atoms with van der Waals surface area (Å²) in [4.78, 5) is 26.3. The first-order chi connectivity index (χ1) is 22.0. The predicted octanol–water partition coefficient (Wildman–Crippen LogP) is 4.90. The molecule has 0 aliphatic rings. The zero-order valence-corrected chi connectivity index (χ0v) is 28.0. The summed E-state index contributed by atoms with van der Waals surface area (Å²) in [6, 6.07) is 23.1. The van der Waals surface area contributed by atoms with Crippen LogP contribution in [0.4, 0.5) is 10.5 Å². The third kappa shape index (κ3) is 10.3. The third-order valence-corrected chi connectivity index (χ3v) is 9.95. The number of aliphatic hydroxyl groups is 1. The maximum atomic E-state index is 13.8. The molecule has 46 heavy (non-hydrogen) atoms. The molecule has 0 heterocycles. The van der Waals surface area contributed by atoms with Crippen LogP contribution in [0.3, 0.4) is 0 Å². The number of aliphatic hydroxyl groups excluding tert-OH is 1. The Morgan fingerprint density at radius 3 is 1.91 bits per heavy atom. The Morgan fingerprint density at radius 1 is 0.848 bits per heavy atom. The topological polar surface area (TPSA) is 151 Å². The second-order valence-electron chi connectivity index (χ2n) is 12.0. The molecule has 0 spiro atoms. The Kier molecular flexibility index (Phi) is 14.0. The molecule has 0 saturated heterocycles. The standard InChI is InChI=1S/C35H48N4O6S/c1-25(2)22-23-39(46(43,44)31-20-18-29(36)19-21-31)30(24-40)17-11-12-26(3)37-34(41)33(38-35(42)45-4)32(27-13-7-5-8-14-27)28-15-9-6-10-16-28/h5-10,13-16,18-21,25-26,30,32-33,40H,11-12,17,22-24,36H2,1-4H3,(H,37,41)(H,38,42)/t26-,30-,33-/m0/s1. The monoisotopic (exact) mass is 652 g/mol. The van der Waals surface area contributed by atoms with Crippen molar-refractivity contribution < 1.29 is 27.9 Å². The van der Waals surface area contributed by atoms with Crippen LogP contribution >= 0.6 is 0 Å². The largest absolute Gasteiger partial charge is 0.453 e. The number of hydrogen-bond donors (Lipinski definition) is 4. The maximum absolute atomic E-state index is 13.8. The number of nitrogens with zero attached hydrogens (tertiary/aromatic N) is 1. The smallest absolute Gasteiger partial charge is 0.407 e. The van der Waals surface area contributed by atoms with Crippen LogP contribution in [-0.2, 0) is 19.6 Å². The number of carbonyl (C=O) groups excluding carboxylic acids is 2. The van der Waals surface area contributed by atoms with E-state index in [4.69, 9.17) is 10.5 Å². The van der Waals surface area contributed by atoms with Gasteiger partial charge in [-0.2, -0.15) is 4.31 Å². The van der Waals surface area contributed by atoms with Crippen LogP contribution in [0.1, 0.15) is 63.5 Å². The zero-order chi connectivity index (χ0) is 33.7. The predicted molar refractivity (Wildman–Crippen MR) is 181 cm³/mol. The highest BCUT2D eigenvalue weighted by atomic mass is 32.2. The number of nitrogen functional groups attached to an aromatic ring is 1. The molecular weight excluding hydrogens is 604 g/mol. The number of sulfonamides is 1. The summed E-state index contributed by atoms with van der Waals surface area (Å²) < 4.78 is 33.6. The molecule has 0 aliphatic carbocycles. The number of methoxy groups -OCH3 is 1. The third-order valence-electron chi connectivity index (χ3n) is 7.99. The lowest BCUT2D eigenvalue weighted by Crippen LogP contribution is -2.52. The van der Waals surface area contributed by atoms with Crippen molar-refractivity contribution in [2.75, 3.05) is 26.0 Å². The number of ether oxygens (including phenoxy) is 1. The van der Waals surface area contributed by atoms with E-state index >= 15 is 0 Å². The summed E-state index contributed by atoms with van der Waals surface area (Å²) in [6.07, 6.45) is 1.37. The van der Waals surface area contributed by atoms with Gasteiger partial charge in [0.2, 0.25) is 15.9 Å². The lowest BCUT2D eigenvalue weighted by molar-refractivity contribution is -0.124. The van der Waals surface area contributed by atoms with Gasteiger partial charge in [0, 0.05) is 30.2 Å². The molecule has 0 fully saturated rings. The highest BCUT2D eigenvalue weighted by Crippen LogP contribution is 2.29. The molecule has 3 atom stereocenters. The fourth-order valence-electron chi connectivity index (χ4n) is 5.43. The first-order valence-electron chi connectivity index (χ1n) is 15.7. The van der Waals surface area contributed by atoms with Gasteiger partial charge in [-0.25, -0.2) is 13.2 Å². The van der Waals surface area contributed by atoms with E-state index in [9.17, 15) is 23.1 Å². The summed E-state index contributed by atoms with van der Waals surface area (Å²) in [5.41, 5.74) is 7.95. The minimum Gasteiger partial charge on any atom is -0.453 e. The zero-order valence-electron chi connectivity index (χ0n) is 27.1. The van der Waals surface area contributed by atoms with Crippen molar-refractivity contribution in [3.05, 3.63) is 96.1 Å². The molecule has 3 rings (SSSR count). The first kappa shape index (κ1) is 36.5. The summed E-state index contributed by atoms with van der Waals surface area (Å²) in [6.45, 7) is 5.84. The van der Waals surface area contributed by atoms with Crippen LogP contribution in [0.15, 0.2) is 89.8 Å². The van der Waals surface area contributed by atoms with Gasteiger partial charge in [0.1, 0.15) is 6.04 Å². The average Bonchev–Trinajstić information content (AvgIpc) is 3.04. The van der Waals surface area contributed by atoms with Crippen molar-refractivity contribution in [1.29, 1.82) is 0 Å². The normalized spacial score (nSPS) is 13.7. The Morgan fingerprint density at radius 2 is 1.41 bits per heavy atom. The highest BCUT2D eigenvalue weighted by Gasteiger charge is 2.34. The van der Waals surface area contributed by atoms with E-state index in [0.717, 1.165) is 11.1 Å². The SMILES string of the molecule is COC(=O)N[C@H](C(=O)N[C@@H](C)CCC[C@@H](CO)N(CCC(C)C)S(=O)(=O)c1ccc(N)cc1)C(c1ccccc1)c1ccccc1. The molecule has 0 unspecified atom stereocenters. The van der Waals surface area contributed by atoms with E-state index in [-0.39, 0.29) is 35.9 Å². The van der Waals surface area contributed by atoms with E-state index in [2.05, 4.69) is 10.6 Å². The molecule has 250 valence electrons.